The van der Waals surface area contributed by atoms with E-state index in [1.807, 2.05) is 19.2 Å². The van der Waals surface area contributed by atoms with Gasteiger partial charge in [-0.15, -0.1) is 0 Å². The molecule has 6 heteroatoms. The van der Waals surface area contributed by atoms with Crippen LogP contribution < -0.4 is 0 Å². The standard InChI is InChI=1S/C16H20N4O2/c1-19(9-14(21)11-3-4-11)16(22)13-7-5-12(6-8-13)15-17-10-20(2)18-15/h5-8,10-11,14,21H,3-4,9H2,1-2H3. The molecule has 0 bridgehead atoms. The molecule has 1 N–H and O–H groups in total. The SMILES string of the molecule is CN(CC(O)C1CC1)C(=O)c1ccc(-c2ncn(C)n2)cc1. The van der Waals surface area contributed by atoms with E-state index in [2.05, 4.69) is 10.1 Å². The highest BCUT2D eigenvalue weighted by Crippen LogP contribution is 2.32. The highest BCUT2D eigenvalue weighted by atomic mass is 16.3. The van der Waals surface area contributed by atoms with Gasteiger partial charge in [-0.25, -0.2) is 4.98 Å². The van der Waals surface area contributed by atoms with E-state index in [0.29, 0.717) is 23.9 Å². The summed E-state index contributed by atoms with van der Waals surface area (Å²) in [6.07, 6.45) is 3.36. The van der Waals surface area contributed by atoms with E-state index in [1.165, 1.54) is 0 Å². The Hall–Kier alpha value is -2.21. The second-order valence-corrected chi connectivity index (χ2v) is 5.91. The second kappa shape index (κ2) is 5.88. The summed E-state index contributed by atoms with van der Waals surface area (Å²) in [6, 6.07) is 7.23. The van der Waals surface area contributed by atoms with Crippen molar-refractivity contribution < 1.29 is 9.90 Å². The number of aryl methyl sites for hydroxylation is 1. The summed E-state index contributed by atoms with van der Waals surface area (Å²) in [4.78, 5) is 18.1. The van der Waals surface area contributed by atoms with Crippen molar-refractivity contribution in [3.63, 3.8) is 0 Å². The highest BCUT2D eigenvalue weighted by Gasteiger charge is 2.31. The highest BCUT2D eigenvalue weighted by molar-refractivity contribution is 5.94. The average molecular weight is 300 g/mol. The zero-order valence-electron chi connectivity index (χ0n) is 12.8. The van der Waals surface area contributed by atoms with Crippen molar-refractivity contribution >= 4 is 5.91 Å². The van der Waals surface area contributed by atoms with Gasteiger partial charge in [0.2, 0.25) is 0 Å². The number of rotatable bonds is 5. The fourth-order valence-corrected chi connectivity index (χ4v) is 2.45. The Bertz CT molecular complexity index is 661. The first-order valence-corrected chi connectivity index (χ1v) is 7.44. The summed E-state index contributed by atoms with van der Waals surface area (Å²) in [7, 11) is 3.54. The van der Waals surface area contributed by atoms with Gasteiger partial charge in [0.25, 0.3) is 5.91 Å². The van der Waals surface area contributed by atoms with Gasteiger partial charge in [0.1, 0.15) is 6.33 Å². The van der Waals surface area contributed by atoms with Crippen LogP contribution in [0.15, 0.2) is 30.6 Å². The smallest absolute Gasteiger partial charge is 0.253 e. The Morgan fingerprint density at radius 3 is 2.64 bits per heavy atom. The molecule has 3 rings (SSSR count). The minimum Gasteiger partial charge on any atom is -0.391 e. The zero-order valence-corrected chi connectivity index (χ0v) is 12.8. The van der Waals surface area contributed by atoms with Gasteiger partial charge in [-0.3, -0.25) is 9.48 Å². The number of carbonyl (C=O) groups excluding carboxylic acids is 1. The molecule has 1 aromatic heterocycles. The molecular weight excluding hydrogens is 280 g/mol. The third-order valence-electron chi connectivity index (χ3n) is 3.96. The number of aromatic nitrogens is 3. The van der Waals surface area contributed by atoms with E-state index >= 15 is 0 Å². The van der Waals surface area contributed by atoms with E-state index in [1.54, 1.807) is 35.1 Å². The van der Waals surface area contributed by atoms with Gasteiger partial charge in [-0.1, -0.05) is 12.1 Å². The lowest BCUT2D eigenvalue weighted by Crippen LogP contribution is -2.35. The van der Waals surface area contributed by atoms with Gasteiger partial charge in [0, 0.05) is 31.8 Å². The lowest BCUT2D eigenvalue weighted by atomic mass is 10.1. The van der Waals surface area contributed by atoms with Crippen LogP contribution >= 0.6 is 0 Å². The molecule has 0 radical (unpaired) electrons. The first kappa shape index (κ1) is 14.7. The minimum absolute atomic E-state index is 0.0831. The molecule has 1 heterocycles. The molecule has 0 aliphatic heterocycles. The fourth-order valence-electron chi connectivity index (χ4n) is 2.45. The maximum Gasteiger partial charge on any atom is 0.253 e. The molecule has 116 valence electrons. The Kier molecular flexibility index (Phi) is 3.94. The summed E-state index contributed by atoms with van der Waals surface area (Å²) in [5.74, 6) is 0.923. The van der Waals surface area contributed by atoms with Crippen molar-refractivity contribution in [3.05, 3.63) is 36.2 Å². The van der Waals surface area contributed by atoms with E-state index in [9.17, 15) is 9.90 Å². The molecule has 1 aliphatic carbocycles. The number of amides is 1. The molecule has 6 nitrogen and oxygen atoms in total. The molecule has 1 aromatic carbocycles. The maximum absolute atomic E-state index is 12.4. The maximum atomic E-state index is 12.4. The first-order chi connectivity index (χ1) is 10.5. The van der Waals surface area contributed by atoms with Gasteiger partial charge >= 0.3 is 0 Å². The average Bonchev–Trinajstić information content (AvgIpc) is 3.28. The number of aliphatic hydroxyl groups is 1. The van der Waals surface area contributed by atoms with E-state index in [0.717, 1.165) is 18.4 Å². The minimum atomic E-state index is -0.411. The Balaban J connectivity index is 1.67. The lowest BCUT2D eigenvalue weighted by molar-refractivity contribution is 0.0645. The van der Waals surface area contributed by atoms with Gasteiger partial charge < -0.3 is 10.0 Å². The van der Waals surface area contributed by atoms with Crippen LogP contribution in [-0.4, -0.2) is 50.4 Å². The second-order valence-electron chi connectivity index (χ2n) is 5.91. The van der Waals surface area contributed by atoms with Gasteiger partial charge in [0.15, 0.2) is 5.82 Å². The van der Waals surface area contributed by atoms with Crippen LogP contribution in [0.2, 0.25) is 0 Å². The quantitative estimate of drug-likeness (QED) is 0.904. The molecule has 1 atom stereocenters. The monoisotopic (exact) mass is 300 g/mol. The van der Waals surface area contributed by atoms with Crippen LogP contribution in [0.25, 0.3) is 11.4 Å². The third-order valence-corrected chi connectivity index (χ3v) is 3.96. The van der Waals surface area contributed by atoms with Crippen molar-refractivity contribution in [1.29, 1.82) is 0 Å². The van der Waals surface area contributed by atoms with E-state index < -0.39 is 6.10 Å². The number of carbonyl (C=O) groups is 1. The third kappa shape index (κ3) is 3.17. The summed E-state index contributed by atoms with van der Waals surface area (Å²) >= 11 is 0. The molecule has 0 saturated heterocycles. The number of aliphatic hydroxyl groups excluding tert-OH is 1. The topological polar surface area (TPSA) is 71.2 Å². The summed E-state index contributed by atoms with van der Waals surface area (Å²) < 4.78 is 1.64. The molecule has 1 unspecified atom stereocenters. The Labute approximate surface area is 129 Å². The van der Waals surface area contributed by atoms with Gasteiger partial charge in [-0.05, 0) is 30.9 Å². The lowest BCUT2D eigenvalue weighted by Gasteiger charge is -2.20. The van der Waals surface area contributed by atoms with Gasteiger partial charge in [0.05, 0.1) is 6.10 Å². The van der Waals surface area contributed by atoms with Crippen molar-refractivity contribution in [2.75, 3.05) is 13.6 Å². The van der Waals surface area contributed by atoms with Crippen molar-refractivity contribution in [2.24, 2.45) is 13.0 Å². The summed E-state index contributed by atoms with van der Waals surface area (Å²) in [6.45, 7) is 0.382. The van der Waals surface area contributed by atoms with Crippen molar-refractivity contribution in [2.45, 2.75) is 18.9 Å². The Morgan fingerprint density at radius 1 is 1.41 bits per heavy atom. The predicted molar refractivity (Wildman–Crippen MR) is 82.1 cm³/mol. The van der Waals surface area contributed by atoms with Crippen molar-refractivity contribution in [3.8, 4) is 11.4 Å². The molecule has 1 aliphatic rings. The summed E-state index contributed by atoms with van der Waals surface area (Å²) in [5, 5.41) is 14.2. The van der Waals surface area contributed by atoms with Crippen LogP contribution in [0, 0.1) is 5.92 Å². The van der Waals surface area contributed by atoms with Crippen LogP contribution in [0.5, 0.6) is 0 Å². The number of likely N-dealkylation sites (N-methyl/N-ethyl adjacent to an activating group) is 1. The van der Waals surface area contributed by atoms with Crippen LogP contribution in [0.1, 0.15) is 23.2 Å². The number of nitrogens with zero attached hydrogens (tertiary/aromatic N) is 4. The molecule has 22 heavy (non-hydrogen) atoms. The fraction of sp³-hybridized carbons (Fsp3) is 0.438. The van der Waals surface area contributed by atoms with Crippen LogP contribution in [0.3, 0.4) is 0 Å². The van der Waals surface area contributed by atoms with Crippen LogP contribution in [-0.2, 0) is 7.05 Å². The largest absolute Gasteiger partial charge is 0.391 e. The van der Waals surface area contributed by atoms with Gasteiger partial charge in [-0.2, -0.15) is 5.10 Å². The number of benzene rings is 1. The summed E-state index contributed by atoms with van der Waals surface area (Å²) in [5.41, 5.74) is 1.47. The van der Waals surface area contributed by atoms with Crippen LogP contribution in [0.4, 0.5) is 0 Å². The van der Waals surface area contributed by atoms with E-state index in [-0.39, 0.29) is 5.91 Å². The molecule has 1 fully saturated rings. The predicted octanol–water partition coefficient (Wildman–Crippen LogP) is 1.32. The first-order valence-electron chi connectivity index (χ1n) is 7.44. The molecule has 1 saturated carbocycles. The van der Waals surface area contributed by atoms with Crippen molar-refractivity contribution in [1.82, 2.24) is 19.7 Å². The molecule has 1 amide bonds. The number of hydrogen-bond donors (Lipinski definition) is 1. The zero-order chi connectivity index (χ0) is 15.7. The van der Waals surface area contributed by atoms with E-state index in [4.69, 9.17) is 0 Å². The molecule has 0 spiro atoms. The molecule has 2 aromatic rings. The number of hydrogen-bond acceptors (Lipinski definition) is 4. The molecular formula is C16H20N4O2. The Morgan fingerprint density at radius 2 is 2.09 bits per heavy atom. The normalized spacial score (nSPS) is 15.6.